The summed E-state index contributed by atoms with van der Waals surface area (Å²) in [6, 6.07) is 13.4. The van der Waals surface area contributed by atoms with Gasteiger partial charge in [0.2, 0.25) is 0 Å². The molecule has 5 heteroatoms. The van der Waals surface area contributed by atoms with Gasteiger partial charge in [0, 0.05) is 34.4 Å². The lowest BCUT2D eigenvalue weighted by molar-refractivity contribution is 0.186. The Bertz CT molecular complexity index is 810. The molecule has 3 rings (SSSR count). The van der Waals surface area contributed by atoms with Crippen LogP contribution in [0.4, 0.5) is 10.1 Å². The van der Waals surface area contributed by atoms with Crippen LogP contribution < -0.4 is 5.32 Å². The van der Waals surface area contributed by atoms with Gasteiger partial charge in [-0.25, -0.2) is 4.39 Å². The molecule has 0 saturated heterocycles. The molecule has 1 heterocycles. The van der Waals surface area contributed by atoms with E-state index in [1.165, 1.54) is 6.07 Å². The predicted octanol–water partition coefficient (Wildman–Crippen LogP) is 4.17. The molecule has 2 N–H and O–H groups in total. The van der Waals surface area contributed by atoms with Gasteiger partial charge in [0.25, 0.3) is 0 Å². The zero-order chi connectivity index (χ0) is 15.5. The van der Waals surface area contributed by atoms with Crippen LogP contribution >= 0.6 is 11.6 Å². The maximum atomic E-state index is 13.7. The summed E-state index contributed by atoms with van der Waals surface area (Å²) in [6.45, 7) is 0.187. The standard InChI is InChI=1S/C17H14ClFN2O/c18-11-5-6-15-13(9-11)16(7-8-20-15)21-10-17(22)12-3-1-2-4-14(12)19/h1-9,17,22H,10H2,(H,20,21). The Kier molecular flexibility index (Phi) is 4.22. The average Bonchev–Trinajstić information content (AvgIpc) is 2.53. The lowest BCUT2D eigenvalue weighted by Crippen LogP contribution is -2.13. The summed E-state index contributed by atoms with van der Waals surface area (Å²) >= 11 is 6.02. The molecular weight excluding hydrogens is 303 g/mol. The van der Waals surface area contributed by atoms with E-state index in [1.54, 1.807) is 36.5 Å². The van der Waals surface area contributed by atoms with E-state index in [0.717, 1.165) is 16.6 Å². The number of rotatable bonds is 4. The molecule has 1 aromatic heterocycles. The van der Waals surface area contributed by atoms with E-state index < -0.39 is 11.9 Å². The van der Waals surface area contributed by atoms with Crippen molar-refractivity contribution in [1.29, 1.82) is 0 Å². The Morgan fingerprint density at radius 2 is 2.00 bits per heavy atom. The highest BCUT2D eigenvalue weighted by Crippen LogP contribution is 2.26. The molecule has 0 aliphatic rings. The summed E-state index contributed by atoms with van der Waals surface area (Å²) in [5.74, 6) is -0.417. The zero-order valence-electron chi connectivity index (χ0n) is 11.6. The molecule has 0 fully saturated rings. The molecule has 1 unspecified atom stereocenters. The normalized spacial score (nSPS) is 12.3. The monoisotopic (exact) mass is 316 g/mol. The van der Waals surface area contributed by atoms with E-state index in [9.17, 15) is 9.50 Å². The largest absolute Gasteiger partial charge is 0.386 e. The second-order valence-corrected chi connectivity index (χ2v) is 5.37. The van der Waals surface area contributed by atoms with Crippen LogP contribution in [0.5, 0.6) is 0 Å². The number of anilines is 1. The number of pyridine rings is 1. The minimum atomic E-state index is -0.941. The zero-order valence-corrected chi connectivity index (χ0v) is 12.4. The SMILES string of the molecule is OC(CNc1ccnc2ccc(Cl)cc12)c1ccccc1F. The van der Waals surface area contributed by atoms with Crippen LogP contribution in [0.3, 0.4) is 0 Å². The van der Waals surface area contributed by atoms with Gasteiger partial charge in [0.05, 0.1) is 11.6 Å². The van der Waals surface area contributed by atoms with Gasteiger partial charge < -0.3 is 10.4 Å². The molecule has 1 atom stereocenters. The van der Waals surface area contributed by atoms with E-state index in [4.69, 9.17) is 11.6 Å². The fourth-order valence-electron chi connectivity index (χ4n) is 2.33. The third-order valence-corrected chi connectivity index (χ3v) is 3.69. The summed E-state index contributed by atoms with van der Waals surface area (Å²) in [7, 11) is 0. The van der Waals surface area contributed by atoms with E-state index >= 15 is 0 Å². The van der Waals surface area contributed by atoms with Crippen molar-refractivity contribution >= 4 is 28.2 Å². The molecular formula is C17H14ClFN2O. The molecule has 112 valence electrons. The van der Waals surface area contributed by atoms with Crippen LogP contribution in [-0.2, 0) is 0 Å². The topological polar surface area (TPSA) is 45.1 Å². The summed E-state index contributed by atoms with van der Waals surface area (Å²) in [6.07, 6.45) is 0.734. The van der Waals surface area contributed by atoms with Crippen molar-refractivity contribution in [2.45, 2.75) is 6.10 Å². The van der Waals surface area contributed by atoms with Gasteiger partial charge in [-0.05, 0) is 30.3 Å². The molecule has 0 spiro atoms. The van der Waals surface area contributed by atoms with Crippen LogP contribution in [-0.4, -0.2) is 16.6 Å². The third-order valence-electron chi connectivity index (χ3n) is 3.45. The number of nitrogens with one attached hydrogen (secondary N) is 1. The van der Waals surface area contributed by atoms with Crippen LogP contribution in [0.1, 0.15) is 11.7 Å². The Morgan fingerprint density at radius 1 is 1.18 bits per heavy atom. The molecule has 3 aromatic rings. The van der Waals surface area contributed by atoms with Gasteiger partial charge in [0.1, 0.15) is 5.82 Å². The third kappa shape index (κ3) is 3.03. The quantitative estimate of drug-likeness (QED) is 0.759. The van der Waals surface area contributed by atoms with E-state index in [-0.39, 0.29) is 12.1 Å². The number of hydrogen-bond acceptors (Lipinski definition) is 3. The molecule has 0 amide bonds. The summed E-state index contributed by atoms with van der Waals surface area (Å²) in [5.41, 5.74) is 1.86. The van der Waals surface area contributed by atoms with Gasteiger partial charge in [-0.15, -0.1) is 0 Å². The molecule has 0 bridgehead atoms. The van der Waals surface area contributed by atoms with Gasteiger partial charge in [0.15, 0.2) is 0 Å². The first-order chi connectivity index (χ1) is 10.6. The van der Waals surface area contributed by atoms with Crippen molar-refractivity contribution in [2.75, 3.05) is 11.9 Å². The maximum absolute atomic E-state index is 13.7. The van der Waals surface area contributed by atoms with Gasteiger partial charge >= 0.3 is 0 Å². The van der Waals surface area contributed by atoms with Crippen LogP contribution in [0.15, 0.2) is 54.7 Å². The lowest BCUT2D eigenvalue weighted by atomic mass is 10.1. The second-order valence-electron chi connectivity index (χ2n) is 4.94. The number of aromatic nitrogens is 1. The van der Waals surface area contributed by atoms with Crippen molar-refractivity contribution in [1.82, 2.24) is 4.98 Å². The van der Waals surface area contributed by atoms with Crippen LogP contribution in [0.2, 0.25) is 5.02 Å². The van der Waals surface area contributed by atoms with Crippen LogP contribution in [0, 0.1) is 5.82 Å². The first-order valence-electron chi connectivity index (χ1n) is 6.86. The second kappa shape index (κ2) is 6.30. The van der Waals surface area contributed by atoms with Gasteiger partial charge in [-0.3, -0.25) is 4.98 Å². The molecule has 0 radical (unpaired) electrons. The van der Waals surface area contributed by atoms with E-state index in [1.807, 2.05) is 12.1 Å². The minimum Gasteiger partial charge on any atom is -0.386 e. The average molecular weight is 317 g/mol. The van der Waals surface area contributed by atoms with Crippen molar-refractivity contribution in [3.63, 3.8) is 0 Å². The fourth-order valence-corrected chi connectivity index (χ4v) is 2.51. The van der Waals surface area contributed by atoms with Gasteiger partial charge in [-0.2, -0.15) is 0 Å². The summed E-state index contributed by atoms with van der Waals surface area (Å²) < 4.78 is 13.7. The fraction of sp³-hybridized carbons (Fsp3) is 0.118. The van der Waals surface area contributed by atoms with Crippen molar-refractivity contribution in [2.24, 2.45) is 0 Å². The Labute approximate surface area is 132 Å². The predicted molar refractivity (Wildman–Crippen MR) is 86.6 cm³/mol. The Hall–Kier alpha value is -2.17. The highest BCUT2D eigenvalue weighted by molar-refractivity contribution is 6.31. The first-order valence-corrected chi connectivity index (χ1v) is 7.23. The number of fused-ring (bicyclic) bond motifs is 1. The maximum Gasteiger partial charge on any atom is 0.129 e. The lowest BCUT2D eigenvalue weighted by Gasteiger charge is -2.15. The number of hydrogen-bond donors (Lipinski definition) is 2. The highest BCUT2D eigenvalue weighted by atomic mass is 35.5. The van der Waals surface area contributed by atoms with Crippen molar-refractivity contribution in [3.8, 4) is 0 Å². The molecule has 0 aliphatic carbocycles. The molecule has 2 aromatic carbocycles. The number of aliphatic hydroxyl groups is 1. The van der Waals surface area contributed by atoms with Crippen molar-refractivity contribution in [3.05, 3.63) is 71.1 Å². The summed E-state index contributed by atoms with van der Waals surface area (Å²) in [4.78, 5) is 4.26. The minimum absolute atomic E-state index is 0.187. The number of halogens is 2. The Balaban J connectivity index is 1.82. The number of benzene rings is 2. The number of nitrogens with zero attached hydrogens (tertiary/aromatic N) is 1. The number of aliphatic hydroxyl groups excluding tert-OH is 1. The first kappa shape index (κ1) is 14.8. The molecule has 3 nitrogen and oxygen atoms in total. The van der Waals surface area contributed by atoms with Crippen molar-refractivity contribution < 1.29 is 9.50 Å². The van der Waals surface area contributed by atoms with Crippen LogP contribution in [0.25, 0.3) is 10.9 Å². The van der Waals surface area contributed by atoms with E-state index in [0.29, 0.717) is 5.02 Å². The highest BCUT2D eigenvalue weighted by Gasteiger charge is 2.12. The molecule has 0 saturated carbocycles. The smallest absolute Gasteiger partial charge is 0.129 e. The van der Waals surface area contributed by atoms with E-state index in [2.05, 4.69) is 10.3 Å². The summed E-state index contributed by atoms with van der Waals surface area (Å²) in [5, 5.41) is 14.7. The Morgan fingerprint density at radius 3 is 2.82 bits per heavy atom. The van der Waals surface area contributed by atoms with Gasteiger partial charge in [-0.1, -0.05) is 29.8 Å². The molecule has 0 aliphatic heterocycles. The molecule has 22 heavy (non-hydrogen) atoms.